The average Bonchev–Trinajstić information content (AvgIpc) is 2.51. The standard InChI is InChI=1S/C17H21FP/c1-2-3-14-19(15-18,16-10-6-4-7-11-16)17-12-8-5-9-13-17/h4-13H,2-3,14-15H2,1H3/q+1. The third kappa shape index (κ3) is 3.04. The zero-order valence-electron chi connectivity index (χ0n) is 11.4. The Morgan fingerprint density at radius 2 is 1.32 bits per heavy atom. The number of halogens is 1. The highest BCUT2D eigenvalue weighted by atomic mass is 31.2. The van der Waals surface area contributed by atoms with Crippen molar-refractivity contribution >= 4 is 17.9 Å². The summed E-state index contributed by atoms with van der Waals surface area (Å²) in [5.41, 5.74) is 0. The molecule has 0 amide bonds. The first kappa shape index (κ1) is 14.2. The normalized spacial score (nSPS) is 11.5. The Hall–Kier alpha value is -1.20. The number of benzene rings is 2. The predicted molar refractivity (Wildman–Crippen MR) is 84.8 cm³/mol. The summed E-state index contributed by atoms with van der Waals surface area (Å²) in [5, 5.41) is 2.38. The van der Waals surface area contributed by atoms with Gasteiger partial charge in [-0.3, -0.25) is 0 Å². The molecule has 0 fully saturated rings. The van der Waals surface area contributed by atoms with E-state index in [2.05, 4.69) is 31.2 Å². The average molecular weight is 275 g/mol. The van der Waals surface area contributed by atoms with E-state index < -0.39 is 7.26 Å². The molecular weight excluding hydrogens is 254 g/mol. The lowest BCUT2D eigenvalue weighted by Gasteiger charge is -2.24. The lowest BCUT2D eigenvalue weighted by Crippen LogP contribution is -2.26. The largest absolute Gasteiger partial charge is 0.205 e. The van der Waals surface area contributed by atoms with E-state index in [-0.39, 0.29) is 6.42 Å². The van der Waals surface area contributed by atoms with Crippen LogP contribution in [-0.4, -0.2) is 12.6 Å². The van der Waals surface area contributed by atoms with Crippen molar-refractivity contribution in [1.82, 2.24) is 0 Å². The van der Waals surface area contributed by atoms with Crippen molar-refractivity contribution in [3.05, 3.63) is 60.7 Å². The zero-order valence-corrected chi connectivity index (χ0v) is 12.3. The van der Waals surface area contributed by atoms with E-state index in [1.165, 1.54) is 10.6 Å². The van der Waals surface area contributed by atoms with Crippen LogP contribution in [0, 0.1) is 0 Å². The van der Waals surface area contributed by atoms with Gasteiger partial charge in [0.25, 0.3) is 0 Å². The summed E-state index contributed by atoms with van der Waals surface area (Å²) in [7, 11) is -1.86. The van der Waals surface area contributed by atoms with Crippen LogP contribution in [0.15, 0.2) is 60.7 Å². The molecule has 0 saturated heterocycles. The summed E-state index contributed by atoms with van der Waals surface area (Å²) in [5.74, 6) is 0. The van der Waals surface area contributed by atoms with E-state index >= 15 is 0 Å². The van der Waals surface area contributed by atoms with Gasteiger partial charge in [-0.15, -0.1) is 0 Å². The molecule has 0 heterocycles. The van der Waals surface area contributed by atoms with Crippen molar-refractivity contribution in [2.24, 2.45) is 0 Å². The molecule has 0 bridgehead atoms. The Bertz CT molecular complexity index is 442. The van der Waals surface area contributed by atoms with Gasteiger partial charge in [0.05, 0.1) is 6.16 Å². The second-order valence-corrected chi connectivity index (χ2v) is 8.49. The number of hydrogen-bond donors (Lipinski definition) is 0. The van der Waals surface area contributed by atoms with Gasteiger partial charge in [0.2, 0.25) is 6.42 Å². The minimum Gasteiger partial charge on any atom is -0.205 e. The first-order valence-electron chi connectivity index (χ1n) is 6.88. The van der Waals surface area contributed by atoms with Gasteiger partial charge in [-0.25, -0.2) is 4.39 Å². The van der Waals surface area contributed by atoms with Gasteiger partial charge in [0, 0.05) is 0 Å². The fraction of sp³-hybridized carbons (Fsp3) is 0.294. The Labute approximate surface area is 116 Å². The molecule has 0 aliphatic carbocycles. The van der Waals surface area contributed by atoms with Crippen LogP contribution in [0.1, 0.15) is 19.8 Å². The smallest absolute Gasteiger partial charge is 0.205 e. The maximum Gasteiger partial charge on any atom is 0.205 e. The van der Waals surface area contributed by atoms with Gasteiger partial charge >= 0.3 is 0 Å². The van der Waals surface area contributed by atoms with E-state index in [0.717, 1.165) is 19.0 Å². The van der Waals surface area contributed by atoms with Crippen LogP contribution in [0.3, 0.4) is 0 Å². The van der Waals surface area contributed by atoms with E-state index in [9.17, 15) is 4.39 Å². The van der Waals surface area contributed by atoms with E-state index in [1.807, 2.05) is 36.4 Å². The van der Waals surface area contributed by atoms with Gasteiger partial charge in [0.1, 0.15) is 17.9 Å². The van der Waals surface area contributed by atoms with Crippen molar-refractivity contribution < 1.29 is 4.39 Å². The second kappa shape index (κ2) is 6.82. The minimum absolute atomic E-state index is 0.235. The molecule has 0 saturated carbocycles. The molecule has 2 rings (SSSR count). The maximum atomic E-state index is 14.1. The summed E-state index contributed by atoms with van der Waals surface area (Å²) in [6.45, 7) is 2.17. The summed E-state index contributed by atoms with van der Waals surface area (Å²) in [4.78, 5) is 0. The Balaban J connectivity index is 2.48. The highest BCUT2D eigenvalue weighted by molar-refractivity contribution is 7.89. The van der Waals surface area contributed by atoms with Crippen molar-refractivity contribution in [3.8, 4) is 0 Å². The molecule has 2 heteroatoms. The summed E-state index contributed by atoms with van der Waals surface area (Å²) >= 11 is 0. The molecular formula is C17H21FP+. The summed E-state index contributed by atoms with van der Waals surface area (Å²) in [6, 6.07) is 20.5. The molecule has 100 valence electrons. The maximum absolute atomic E-state index is 14.1. The van der Waals surface area contributed by atoms with Crippen LogP contribution in [0.2, 0.25) is 0 Å². The SMILES string of the molecule is CCCC[P+](CF)(c1ccccc1)c1ccccc1. The summed E-state index contributed by atoms with van der Waals surface area (Å²) < 4.78 is 14.1. The van der Waals surface area contributed by atoms with E-state index in [0.29, 0.717) is 0 Å². The molecule has 2 aromatic rings. The van der Waals surface area contributed by atoms with Gasteiger partial charge in [0.15, 0.2) is 0 Å². The highest BCUT2D eigenvalue weighted by Crippen LogP contribution is 2.57. The molecule has 0 N–H and O–H groups in total. The molecule has 0 radical (unpaired) electrons. The topological polar surface area (TPSA) is 0 Å². The van der Waals surface area contributed by atoms with Crippen molar-refractivity contribution in [2.75, 3.05) is 12.6 Å². The Kier molecular flexibility index (Phi) is 5.10. The second-order valence-electron chi connectivity index (χ2n) is 4.84. The van der Waals surface area contributed by atoms with Gasteiger partial charge < -0.3 is 0 Å². The monoisotopic (exact) mass is 275 g/mol. The lowest BCUT2D eigenvalue weighted by molar-refractivity contribution is 0.596. The molecule has 0 nitrogen and oxygen atoms in total. The number of hydrogen-bond acceptors (Lipinski definition) is 0. The molecule has 0 aliphatic heterocycles. The lowest BCUT2D eigenvalue weighted by atomic mass is 10.4. The summed E-state index contributed by atoms with van der Waals surface area (Å²) in [6.07, 6.45) is 2.93. The number of unbranched alkanes of at least 4 members (excludes halogenated alkanes) is 1. The first-order chi connectivity index (χ1) is 9.33. The Morgan fingerprint density at radius 3 is 1.68 bits per heavy atom. The number of rotatable bonds is 6. The number of alkyl halides is 1. The first-order valence-corrected chi connectivity index (χ1v) is 9.03. The third-order valence-corrected chi connectivity index (χ3v) is 7.66. The van der Waals surface area contributed by atoms with E-state index in [4.69, 9.17) is 0 Å². The molecule has 0 spiro atoms. The molecule has 19 heavy (non-hydrogen) atoms. The van der Waals surface area contributed by atoms with E-state index in [1.54, 1.807) is 0 Å². The quantitative estimate of drug-likeness (QED) is 0.686. The fourth-order valence-corrected chi connectivity index (χ4v) is 6.01. The van der Waals surface area contributed by atoms with Crippen LogP contribution >= 0.6 is 7.26 Å². The van der Waals surface area contributed by atoms with Crippen LogP contribution in [0.4, 0.5) is 4.39 Å². The van der Waals surface area contributed by atoms with Gasteiger partial charge in [-0.05, 0) is 30.7 Å². The molecule has 0 aromatic heterocycles. The molecule has 0 aliphatic rings. The van der Waals surface area contributed by atoms with Crippen molar-refractivity contribution in [3.63, 3.8) is 0 Å². The predicted octanol–water partition coefficient (Wildman–Crippen LogP) is 4.38. The van der Waals surface area contributed by atoms with Crippen molar-refractivity contribution in [2.45, 2.75) is 19.8 Å². The zero-order chi connectivity index (χ0) is 13.6. The molecule has 0 atom stereocenters. The minimum atomic E-state index is -1.86. The van der Waals surface area contributed by atoms with Crippen LogP contribution in [0.5, 0.6) is 0 Å². The van der Waals surface area contributed by atoms with Gasteiger partial charge in [-0.2, -0.15) is 0 Å². The molecule has 0 unspecified atom stereocenters. The highest BCUT2D eigenvalue weighted by Gasteiger charge is 2.42. The third-order valence-electron chi connectivity index (χ3n) is 3.60. The van der Waals surface area contributed by atoms with Crippen LogP contribution < -0.4 is 10.6 Å². The van der Waals surface area contributed by atoms with Crippen LogP contribution in [-0.2, 0) is 0 Å². The van der Waals surface area contributed by atoms with Crippen molar-refractivity contribution in [1.29, 1.82) is 0 Å². The van der Waals surface area contributed by atoms with Crippen LogP contribution in [0.25, 0.3) is 0 Å². The van der Waals surface area contributed by atoms with Gasteiger partial charge in [-0.1, -0.05) is 49.7 Å². The Morgan fingerprint density at radius 1 is 0.842 bits per heavy atom. The fourth-order valence-electron chi connectivity index (χ4n) is 2.46. The molecule has 2 aromatic carbocycles.